The Balaban J connectivity index is 2.18. The number of benzene rings is 1. The van der Waals surface area contributed by atoms with Crippen LogP contribution in [-0.2, 0) is 13.1 Å². The zero-order valence-corrected chi connectivity index (χ0v) is 13.8. The molecule has 2 rings (SSSR count). The zero-order valence-electron chi connectivity index (χ0n) is 10.7. The summed E-state index contributed by atoms with van der Waals surface area (Å²) in [6, 6.07) is 4.59. The van der Waals surface area contributed by atoms with E-state index in [1.54, 1.807) is 6.07 Å². The molecule has 0 fully saturated rings. The lowest BCUT2D eigenvalue weighted by molar-refractivity contribution is 0.621. The van der Waals surface area contributed by atoms with Gasteiger partial charge in [0.2, 0.25) is 0 Å². The highest BCUT2D eigenvalue weighted by molar-refractivity contribution is 9.11. The molecule has 0 aliphatic heterocycles. The van der Waals surface area contributed by atoms with Gasteiger partial charge in [0, 0.05) is 16.7 Å². The molecule has 1 aromatic heterocycles. The number of rotatable bonds is 4. The number of aryl methyl sites for hydroxylation is 2. The van der Waals surface area contributed by atoms with Crippen LogP contribution in [0, 0.1) is 12.7 Å². The first-order valence-electron chi connectivity index (χ1n) is 5.93. The summed E-state index contributed by atoms with van der Waals surface area (Å²) in [5.74, 6) is -0.256. The van der Waals surface area contributed by atoms with Gasteiger partial charge in [0.15, 0.2) is 0 Å². The molecular weight excluding hydrogens is 377 g/mol. The van der Waals surface area contributed by atoms with E-state index in [2.05, 4.69) is 49.2 Å². The van der Waals surface area contributed by atoms with Crippen LogP contribution in [0.15, 0.2) is 27.1 Å². The fraction of sp³-hybridized carbons (Fsp3) is 0.308. The Morgan fingerprint density at radius 2 is 2.11 bits per heavy atom. The average molecular weight is 391 g/mol. The maximum Gasteiger partial charge on any atom is 0.124 e. The van der Waals surface area contributed by atoms with E-state index in [0.29, 0.717) is 11.0 Å². The minimum absolute atomic E-state index is 0.256. The number of hydrogen-bond acceptors (Lipinski definition) is 2. The molecule has 0 amide bonds. The van der Waals surface area contributed by atoms with Gasteiger partial charge in [-0.1, -0.05) is 0 Å². The first-order chi connectivity index (χ1) is 9.02. The van der Waals surface area contributed by atoms with Crippen LogP contribution in [-0.4, -0.2) is 9.78 Å². The van der Waals surface area contributed by atoms with Crippen LogP contribution in [0.1, 0.15) is 18.3 Å². The van der Waals surface area contributed by atoms with Crippen molar-refractivity contribution in [2.75, 3.05) is 5.32 Å². The molecule has 19 heavy (non-hydrogen) atoms. The third-order valence-corrected chi connectivity index (χ3v) is 4.52. The number of anilines is 1. The van der Waals surface area contributed by atoms with E-state index in [0.717, 1.165) is 28.1 Å². The molecule has 102 valence electrons. The van der Waals surface area contributed by atoms with Crippen LogP contribution in [0.4, 0.5) is 10.1 Å². The number of hydrogen-bond donors (Lipinski definition) is 1. The molecule has 0 bridgehead atoms. The summed E-state index contributed by atoms with van der Waals surface area (Å²) >= 11 is 6.89. The summed E-state index contributed by atoms with van der Waals surface area (Å²) in [7, 11) is 0. The number of halogens is 3. The van der Waals surface area contributed by atoms with E-state index in [-0.39, 0.29) is 5.82 Å². The topological polar surface area (TPSA) is 29.9 Å². The molecule has 6 heteroatoms. The molecule has 0 aliphatic rings. The van der Waals surface area contributed by atoms with E-state index in [9.17, 15) is 4.39 Å². The van der Waals surface area contributed by atoms with Crippen LogP contribution >= 0.6 is 31.9 Å². The highest BCUT2D eigenvalue weighted by Gasteiger charge is 2.12. The molecule has 0 saturated carbocycles. The summed E-state index contributed by atoms with van der Waals surface area (Å²) in [5.41, 5.74) is 2.91. The SMILES string of the molecule is CCn1nc(C)c(Br)c1CNc1ccc(F)cc1Br. The second-order valence-corrected chi connectivity index (χ2v) is 5.79. The van der Waals surface area contributed by atoms with Gasteiger partial charge in [0.1, 0.15) is 5.82 Å². The molecule has 0 spiro atoms. The highest BCUT2D eigenvalue weighted by atomic mass is 79.9. The first kappa shape index (κ1) is 14.5. The molecular formula is C13H14Br2FN3. The van der Waals surface area contributed by atoms with E-state index < -0.39 is 0 Å². The predicted molar refractivity (Wildman–Crippen MR) is 81.8 cm³/mol. The van der Waals surface area contributed by atoms with E-state index in [1.165, 1.54) is 12.1 Å². The third kappa shape index (κ3) is 3.17. The maximum absolute atomic E-state index is 13.0. The molecule has 0 radical (unpaired) electrons. The van der Waals surface area contributed by atoms with Crippen molar-refractivity contribution in [1.29, 1.82) is 0 Å². The molecule has 0 unspecified atom stereocenters. The molecule has 0 aliphatic carbocycles. The molecule has 1 aromatic carbocycles. The summed E-state index contributed by atoms with van der Waals surface area (Å²) < 4.78 is 16.7. The van der Waals surface area contributed by atoms with Crippen molar-refractivity contribution in [2.45, 2.75) is 26.9 Å². The Morgan fingerprint density at radius 1 is 1.37 bits per heavy atom. The lowest BCUT2D eigenvalue weighted by Gasteiger charge is -2.10. The maximum atomic E-state index is 13.0. The molecule has 0 saturated heterocycles. The van der Waals surface area contributed by atoms with Crippen LogP contribution in [0.5, 0.6) is 0 Å². The Bertz CT molecular complexity index is 596. The number of nitrogens with one attached hydrogen (secondary N) is 1. The largest absolute Gasteiger partial charge is 0.378 e. The smallest absolute Gasteiger partial charge is 0.124 e. The Hall–Kier alpha value is -0.880. The van der Waals surface area contributed by atoms with Crippen LogP contribution in [0.3, 0.4) is 0 Å². The standard InChI is InChI=1S/C13H14Br2FN3/c1-3-19-12(13(15)8(2)18-19)7-17-11-5-4-9(16)6-10(11)14/h4-6,17H,3,7H2,1-2H3. The summed E-state index contributed by atoms with van der Waals surface area (Å²) in [5, 5.41) is 7.72. The Kier molecular flexibility index (Phi) is 4.62. The summed E-state index contributed by atoms with van der Waals surface area (Å²) in [6.07, 6.45) is 0. The fourth-order valence-corrected chi connectivity index (χ4v) is 2.76. The van der Waals surface area contributed by atoms with Crippen molar-refractivity contribution in [3.8, 4) is 0 Å². The third-order valence-electron chi connectivity index (χ3n) is 2.83. The van der Waals surface area contributed by atoms with E-state index >= 15 is 0 Å². The zero-order chi connectivity index (χ0) is 14.0. The first-order valence-corrected chi connectivity index (χ1v) is 7.52. The number of nitrogens with zero attached hydrogens (tertiary/aromatic N) is 2. The molecule has 1 heterocycles. The van der Waals surface area contributed by atoms with Crippen molar-refractivity contribution in [3.63, 3.8) is 0 Å². The number of aromatic nitrogens is 2. The summed E-state index contributed by atoms with van der Waals surface area (Å²) in [6.45, 7) is 5.46. The van der Waals surface area contributed by atoms with Crippen LogP contribution in [0.25, 0.3) is 0 Å². The quantitative estimate of drug-likeness (QED) is 0.833. The minimum Gasteiger partial charge on any atom is -0.378 e. The van der Waals surface area contributed by atoms with Crippen molar-refractivity contribution in [1.82, 2.24) is 9.78 Å². The van der Waals surface area contributed by atoms with Gasteiger partial charge >= 0.3 is 0 Å². The molecule has 3 nitrogen and oxygen atoms in total. The lowest BCUT2D eigenvalue weighted by atomic mass is 10.3. The predicted octanol–water partition coefficient (Wildman–Crippen LogP) is 4.49. The lowest BCUT2D eigenvalue weighted by Crippen LogP contribution is -2.08. The van der Waals surface area contributed by atoms with Gasteiger partial charge in [-0.15, -0.1) is 0 Å². The van der Waals surface area contributed by atoms with Crippen molar-refractivity contribution in [3.05, 3.63) is 44.3 Å². The van der Waals surface area contributed by atoms with Crippen molar-refractivity contribution < 1.29 is 4.39 Å². The van der Waals surface area contributed by atoms with Crippen LogP contribution < -0.4 is 5.32 Å². The monoisotopic (exact) mass is 389 g/mol. The Labute approximate surface area is 128 Å². The van der Waals surface area contributed by atoms with Gasteiger partial charge in [-0.3, -0.25) is 4.68 Å². The van der Waals surface area contributed by atoms with Crippen molar-refractivity contribution in [2.24, 2.45) is 0 Å². The van der Waals surface area contributed by atoms with Gasteiger partial charge in [0.25, 0.3) is 0 Å². The highest BCUT2D eigenvalue weighted by Crippen LogP contribution is 2.26. The average Bonchev–Trinajstić information content (AvgIpc) is 2.65. The fourth-order valence-electron chi connectivity index (χ4n) is 1.85. The van der Waals surface area contributed by atoms with Gasteiger partial charge in [-0.25, -0.2) is 4.39 Å². The van der Waals surface area contributed by atoms with E-state index in [4.69, 9.17) is 0 Å². The van der Waals surface area contributed by atoms with Gasteiger partial charge in [0.05, 0.1) is 22.4 Å². The molecule has 1 N–H and O–H groups in total. The van der Waals surface area contributed by atoms with Gasteiger partial charge < -0.3 is 5.32 Å². The minimum atomic E-state index is -0.256. The van der Waals surface area contributed by atoms with Crippen LogP contribution in [0.2, 0.25) is 0 Å². The molecule has 0 atom stereocenters. The summed E-state index contributed by atoms with van der Waals surface area (Å²) in [4.78, 5) is 0. The second-order valence-electron chi connectivity index (χ2n) is 4.14. The normalized spacial score (nSPS) is 10.8. The van der Waals surface area contributed by atoms with Gasteiger partial charge in [-0.05, 0) is 63.9 Å². The van der Waals surface area contributed by atoms with Crippen molar-refractivity contribution >= 4 is 37.5 Å². The van der Waals surface area contributed by atoms with Gasteiger partial charge in [-0.2, -0.15) is 5.10 Å². The molecule has 2 aromatic rings. The van der Waals surface area contributed by atoms with E-state index in [1.807, 2.05) is 11.6 Å². The second kappa shape index (κ2) is 6.05. The Morgan fingerprint density at radius 3 is 2.74 bits per heavy atom.